The summed E-state index contributed by atoms with van der Waals surface area (Å²) >= 11 is 0. The highest BCUT2D eigenvalue weighted by atomic mass is 32.2. The maximum Gasteiger partial charge on any atom is 0.294 e. The van der Waals surface area contributed by atoms with Crippen LogP contribution in [0, 0.1) is 0 Å². The van der Waals surface area contributed by atoms with E-state index in [4.69, 9.17) is 5.73 Å². The molecule has 0 amide bonds. The maximum absolute atomic E-state index is 11.3. The van der Waals surface area contributed by atoms with Crippen molar-refractivity contribution >= 4 is 15.8 Å². The molecule has 0 bridgehead atoms. The second-order valence-electron chi connectivity index (χ2n) is 4.61. The van der Waals surface area contributed by atoms with Crippen LogP contribution in [0.4, 0.5) is 5.69 Å². The smallest absolute Gasteiger partial charge is 0.294 e. The topological polar surface area (TPSA) is 80.4 Å². The average molecular weight is 255 g/mol. The van der Waals surface area contributed by atoms with Gasteiger partial charge in [-0.1, -0.05) is 25.3 Å². The van der Waals surface area contributed by atoms with Gasteiger partial charge in [-0.2, -0.15) is 8.42 Å². The van der Waals surface area contributed by atoms with Crippen LogP contribution in [0.5, 0.6) is 0 Å². The third-order valence-corrected chi connectivity index (χ3v) is 4.27. The van der Waals surface area contributed by atoms with Crippen molar-refractivity contribution in [3.8, 4) is 0 Å². The molecule has 0 aromatic heterocycles. The summed E-state index contributed by atoms with van der Waals surface area (Å²) in [5.41, 5.74) is 6.65. The van der Waals surface area contributed by atoms with Crippen LogP contribution in [-0.4, -0.2) is 13.0 Å². The van der Waals surface area contributed by atoms with Crippen LogP contribution in [0.3, 0.4) is 0 Å². The molecule has 2 rings (SSSR count). The molecule has 1 aliphatic carbocycles. The van der Waals surface area contributed by atoms with Crippen molar-refractivity contribution < 1.29 is 13.0 Å². The minimum Gasteiger partial charge on any atom is -0.399 e. The minimum absolute atomic E-state index is 0.0237. The van der Waals surface area contributed by atoms with E-state index in [9.17, 15) is 13.0 Å². The summed E-state index contributed by atoms with van der Waals surface area (Å²) in [6.45, 7) is 0. The van der Waals surface area contributed by atoms with Crippen molar-refractivity contribution in [1.29, 1.82) is 0 Å². The number of hydrogen-bond donors (Lipinski definition) is 2. The standard InChI is InChI=1S/C12H17NO3S/c13-10-6-7-11(9-4-2-1-3-5-9)12(8-10)17(14,15)16/h6-9H,1-5,13H2,(H,14,15,16). The monoisotopic (exact) mass is 255 g/mol. The molecule has 0 atom stereocenters. The Morgan fingerprint density at radius 2 is 1.82 bits per heavy atom. The molecule has 0 spiro atoms. The van der Waals surface area contributed by atoms with Gasteiger partial charge in [-0.3, -0.25) is 4.55 Å². The van der Waals surface area contributed by atoms with Crippen LogP contribution < -0.4 is 5.73 Å². The number of rotatable bonds is 2. The van der Waals surface area contributed by atoms with E-state index in [1.807, 2.05) is 0 Å². The number of anilines is 1. The lowest BCUT2D eigenvalue weighted by Crippen LogP contribution is -2.11. The lowest BCUT2D eigenvalue weighted by Gasteiger charge is -2.23. The van der Waals surface area contributed by atoms with Gasteiger partial charge in [0.25, 0.3) is 10.1 Å². The summed E-state index contributed by atoms with van der Waals surface area (Å²) in [5, 5.41) is 0. The van der Waals surface area contributed by atoms with Gasteiger partial charge in [0, 0.05) is 5.69 Å². The number of hydrogen-bond acceptors (Lipinski definition) is 3. The zero-order valence-corrected chi connectivity index (χ0v) is 10.4. The summed E-state index contributed by atoms with van der Waals surface area (Å²) in [7, 11) is -4.19. The highest BCUT2D eigenvalue weighted by Gasteiger charge is 2.23. The fourth-order valence-electron chi connectivity index (χ4n) is 2.53. The van der Waals surface area contributed by atoms with Gasteiger partial charge in [0.1, 0.15) is 0 Å². The van der Waals surface area contributed by atoms with Crippen molar-refractivity contribution in [3.63, 3.8) is 0 Å². The van der Waals surface area contributed by atoms with Gasteiger partial charge >= 0.3 is 0 Å². The van der Waals surface area contributed by atoms with Crippen molar-refractivity contribution in [3.05, 3.63) is 23.8 Å². The van der Waals surface area contributed by atoms with E-state index in [0.29, 0.717) is 11.3 Å². The van der Waals surface area contributed by atoms with Gasteiger partial charge in [-0.25, -0.2) is 0 Å². The van der Waals surface area contributed by atoms with E-state index in [1.165, 1.54) is 12.5 Å². The number of benzene rings is 1. The normalized spacial score (nSPS) is 18.2. The summed E-state index contributed by atoms with van der Waals surface area (Å²) < 4.78 is 31.9. The maximum atomic E-state index is 11.3. The molecule has 17 heavy (non-hydrogen) atoms. The quantitative estimate of drug-likeness (QED) is 0.628. The van der Waals surface area contributed by atoms with E-state index < -0.39 is 10.1 Å². The fourth-order valence-corrected chi connectivity index (χ4v) is 3.34. The van der Waals surface area contributed by atoms with Crippen molar-refractivity contribution in [2.75, 3.05) is 5.73 Å². The Kier molecular flexibility index (Phi) is 3.40. The van der Waals surface area contributed by atoms with Crippen LogP contribution in [0.15, 0.2) is 23.1 Å². The van der Waals surface area contributed by atoms with Gasteiger partial charge in [0.05, 0.1) is 4.90 Å². The molecule has 1 saturated carbocycles. The molecule has 1 aromatic carbocycles. The largest absolute Gasteiger partial charge is 0.399 e. The van der Waals surface area contributed by atoms with Gasteiger partial charge in [-0.05, 0) is 36.5 Å². The zero-order chi connectivity index (χ0) is 12.5. The molecule has 5 heteroatoms. The second-order valence-corrected chi connectivity index (χ2v) is 6.00. The van der Waals surface area contributed by atoms with Crippen molar-refractivity contribution in [2.24, 2.45) is 0 Å². The Hall–Kier alpha value is -1.07. The summed E-state index contributed by atoms with van der Waals surface area (Å²) in [5.74, 6) is 0.223. The van der Waals surface area contributed by atoms with Crippen LogP contribution in [0.25, 0.3) is 0 Å². The van der Waals surface area contributed by atoms with E-state index in [-0.39, 0.29) is 10.8 Å². The van der Waals surface area contributed by atoms with Crippen LogP contribution in [0.2, 0.25) is 0 Å². The third kappa shape index (κ3) is 2.79. The highest BCUT2D eigenvalue weighted by molar-refractivity contribution is 7.85. The minimum atomic E-state index is -4.19. The van der Waals surface area contributed by atoms with Crippen LogP contribution in [-0.2, 0) is 10.1 Å². The Morgan fingerprint density at radius 1 is 1.18 bits per heavy atom. The van der Waals surface area contributed by atoms with Gasteiger partial charge in [0.15, 0.2) is 0 Å². The molecule has 0 radical (unpaired) electrons. The first-order valence-corrected chi connectivity index (χ1v) is 7.29. The fraction of sp³-hybridized carbons (Fsp3) is 0.500. The number of nitrogens with two attached hydrogens (primary N) is 1. The molecule has 1 aromatic rings. The van der Waals surface area contributed by atoms with E-state index in [2.05, 4.69) is 0 Å². The lowest BCUT2D eigenvalue weighted by molar-refractivity contribution is 0.434. The molecular formula is C12H17NO3S. The SMILES string of the molecule is Nc1ccc(C2CCCCC2)c(S(=O)(=O)O)c1. The van der Waals surface area contributed by atoms with Crippen molar-refractivity contribution in [1.82, 2.24) is 0 Å². The molecule has 1 aliphatic rings. The average Bonchev–Trinajstić information content (AvgIpc) is 2.29. The Labute approximate surface area is 102 Å². The van der Waals surface area contributed by atoms with Gasteiger partial charge < -0.3 is 5.73 Å². The first kappa shape index (κ1) is 12.4. The highest BCUT2D eigenvalue weighted by Crippen LogP contribution is 2.36. The lowest BCUT2D eigenvalue weighted by atomic mass is 9.84. The summed E-state index contributed by atoms with van der Waals surface area (Å²) in [6.07, 6.45) is 5.38. The first-order valence-electron chi connectivity index (χ1n) is 5.85. The first-order chi connectivity index (χ1) is 7.98. The third-order valence-electron chi connectivity index (χ3n) is 3.36. The molecular weight excluding hydrogens is 238 g/mol. The number of nitrogen functional groups attached to an aromatic ring is 1. The van der Waals surface area contributed by atoms with Crippen molar-refractivity contribution in [2.45, 2.75) is 42.9 Å². The molecule has 0 saturated heterocycles. The summed E-state index contributed by atoms with van der Waals surface area (Å²) in [6, 6.07) is 4.77. The molecule has 0 unspecified atom stereocenters. The molecule has 0 heterocycles. The predicted octanol–water partition coefficient (Wildman–Crippen LogP) is 2.56. The second kappa shape index (κ2) is 4.66. The molecule has 1 fully saturated rings. The Bertz CT molecular complexity index is 504. The van der Waals surface area contributed by atoms with Gasteiger partial charge in [-0.15, -0.1) is 0 Å². The van der Waals surface area contributed by atoms with Crippen LogP contribution >= 0.6 is 0 Å². The molecule has 0 aliphatic heterocycles. The molecule has 94 valence electrons. The van der Waals surface area contributed by atoms with E-state index in [1.54, 1.807) is 12.1 Å². The van der Waals surface area contributed by atoms with Crippen LogP contribution in [0.1, 0.15) is 43.6 Å². The van der Waals surface area contributed by atoms with E-state index >= 15 is 0 Å². The van der Waals surface area contributed by atoms with E-state index in [0.717, 1.165) is 25.7 Å². The summed E-state index contributed by atoms with van der Waals surface area (Å²) in [4.78, 5) is -0.0237. The molecule has 4 nitrogen and oxygen atoms in total. The Balaban J connectivity index is 2.45. The predicted molar refractivity (Wildman–Crippen MR) is 66.5 cm³/mol. The van der Waals surface area contributed by atoms with Gasteiger partial charge in [0.2, 0.25) is 0 Å². The zero-order valence-electron chi connectivity index (χ0n) is 9.59. The molecule has 3 N–H and O–H groups in total. The Morgan fingerprint density at radius 3 is 2.41 bits per heavy atom.